The van der Waals surface area contributed by atoms with Gasteiger partial charge in [-0.3, -0.25) is 4.79 Å². The Hall–Kier alpha value is -2.89. The Morgan fingerprint density at radius 2 is 1.85 bits per heavy atom. The van der Waals surface area contributed by atoms with E-state index < -0.39 is 10.0 Å². The molecule has 0 saturated carbocycles. The van der Waals surface area contributed by atoms with E-state index in [1.54, 1.807) is 22.8 Å². The molecule has 174 valence electrons. The van der Waals surface area contributed by atoms with Gasteiger partial charge in [-0.2, -0.15) is 4.31 Å². The van der Waals surface area contributed by atoms with Crippen molar-refractivity contribution in [3.05, 3.63) is 60.4 Å². The first kappa shape index (κ1) is 23.3. The number of aromatic nitrogens is 3. The van der Waals surface area contributed by atoms with E-state index in [9.17, 15) is 13.2 Å². The summed E-state index contributed by atoms with van der Waals surface area (Å²) >= 11 is 1.24. The standard InChI is InChI=1S/C22H25N5O4S2/c1-26-20(15-31-18-9-3-2-4-10-18)24-25-22(26)32-16-21(28)23-17-8-7-11-19(14-17)33(29,30)27-12-5-6-13-27/h2-4,7-11,14H,5-6,12-13,15-16H2,1H3,(H,23,28). The topological polar surface area (TPSA) is 106 Å². The van der Waals surface area contributed by atoms with Crippen molar-refractivity contribution in [2.24, 2.45) is 7.05 Å². The van der Waals surface area contributed by atoms with Gasteiger partial charge in [0.2, 0.25) is 15.9 Å². The van der Waals surface area contributed by atoms with E-state index in [2.05, 4.69) is 15.5 Å². The summed E-state index contributed by atoms with van der Waals surface area (Å²) in [6.45, 7) is 1.33. The lowest BCUT2D eigenvalue weighted by molar-refractivity contribution is -0.113. The highest BCUT2D eigenvalue weighted by molar-refractivity contribution is 7.99. The molecule has 3 aromatic rings. The molecule has 1 aromatic heterocycles. The smallest absolute Gasteiger partial charge is 0.243 e. The third kappa shape index (κ3) is 5.73. The fraction of sp³-hybridized carbons (Fsp3) is 0.318. The normalized spacial score (nSPS) is 14.3. The molecule has 1 N–H and O–H groups in total. The molecular formula is C22H25N5O4S2. The first-order valence-corrected chi connectivity index (χ1v) is 12.9. The van der Waals surface area contributed by atoms with Crippen LogP contribution in [0.1, 0.15) is 18.7 Å². The Balaban J connectivity index is 1.32. The maximum atomic E-state index is 12.7. The second kappa shape index (κ2) is 10.4. The van der Waals surface area contributed by atoms with Crippen LogP contribution in [0.5, 0.6) is 5.75 Å². The largest absolute Gasteiger partial charge is 0.486 e. The summed E-state index contributed by atoms with van der Waals surface area (Å²) in [5.74, 6) is 1.22. The van der Waals surface area contributed by atoms with Crippen molar-refractivity contribution in [3.8, 4) is 5.75 Å². The van der Waals surface area contributed by atoms with Crippen LogP contribution in [0.3, 0.4) is 0 Å². The van der Waals surface area contributed by atoms with E-state index >= 15 is 0 Å². The minimum Gasteiger partial charge on any atom is -0.486 e. The molecule has 1 aliphatic rings. The Bertz CT molecular complexity index is 1210. The van der Waals surface area contributed by atoms with Crippen LogP contribution in [0.2, 0.25) is 0 Å². The molecule has 1 amide bonds. The zero-order chi connectivity index (χ0) is 23.3. The van der Waals surface area contributed by atoms with E-state index in [-0.39, 0.29) is 23.2 Å². The number of para-hydroxylation sites is 1. The molecule has 33 heavy (non-hydrogen) atoms. The van der Waals surface area contributed by atoms with Crippen molar-refractivity contribution < 1.29 is 17.9 Å². The number of rotatable bonds is 9. The third-order valence-electron chi connectivity index (χ3n) is 5.19. The number of hydrogen-bond donors (Lipinski definition) is 1. The lowest BCUT2D eigenvalue weighted by Gasteiger charge is -2.16. The number of ether oxygens (including phenoxy) is 1. The van der Waals surface area contributed by atoms with Crippen molar-refractivity contribution in [3.63, 3.8) is 0 Å². The van der Waals surface area contributed by atoms with Crippen molar-refractivity contribution in [2.45, 2.75) is 29.5 Å². The van der Waals surface area contributed by atoms with Crippen molar-refractivity contribution in [1.82, 2.24) is 19.1 Å². The van der Waals surface area contributed by atoms with E-state index in [4.69, 9.17) is 4.74 Å². The molecule has 0 unspecified atom stereocenters. The van der Waals surface area contributed by atoms with Gasteiger partial charge in [0.05, 0.1) is 10.6 Å². The molecule has 1 aliphatic heterocycles. The summed E-state index contributed by atoms with van der Waals surface area (Å²) in [6.07, 6.45) is 1.74. The first-order chi connectivity index (χ1) is 15.9. The van der Waals surface area contributed by atoms with Crippen molar-refractivity contribution in [2.75, 3.05) is 24.2 Å². The number of amides is 1. The van der Waals surface area contributed by atoms with Crippen LogP contribution in [-0.4, -0.2) is 52.2 Å². The molecule has 9 nitrogen and oxygen atoms in total. The number of hydrogen-bond acceptors (Lipinski definition) is 7. The van der Waals surface area contributed by atoms with E-state index in [0.717, 1.165) is 18.6 Å². The minimum atomic E-state index is -3.54. The summed E-state index contributed by atoms with van der Waals surface area (Å²) < 4.78 is 34.5. The SMILES string of the molecule is Cn1c(COc2ccccc2)nnc1SCC(=O)Nc1cccc(S(=O)(=O)N2CCCC2)c1. The molecule has 11 heteroatoms. The van der Waals surface area contributed by atoms with Gasteiger partial charge in [-0.25, -0.2) is 8.42 Å². The maximum absolute atomic E-state index is 12.7. The van der Waals surface area contributed by atoms with Gasteiger partial charge in [0.1, 0.15) is 12.4 Å². The molecule has 4 rings (SSSR count). The van der Waals surface area contributed by atoms with Crippen LogP contribution in [0.15, 0.2) is 64.6 Å². The molecule has 2 heterocycles. The number of carbonyl (C=O) groups is 1. The summed E-state index contributed by atoms with van der Waals surface area (Å²) in [4.78, 5) is 12.6. The Kier molecular flexibility index (Phi) is 7.31. The van der Waals surface area contributed by atoms with Crippen molar-refractivity contribution >= 4 is 33.4 Å². The molecule has 0 radical (unpaired) electrons. The van der Waals surface area contributed by atoms with Gasteiger partial charge in [0, 0.05) is 25.8 Å². The average molecular weight is 488 g/mol. The van der Waals surface area contributed by atoms with Gasteiger partial charge >= 0.3 is 0 Å². The highest BCUT2D eigenvalue weighted by Gasteiger charge is 2.27. The van der Waals surface area contributed by atoms with E-state index in [0.29, 0.717) is 29.8 Å². The fourth-order valence-corrected chi connectivity index (χ4v) is 5.69. The van der Waals surface area contributed by atoms with Gasteiger partial charge in [0.25, 0.3) is 0 Å². The Morgan fingerprint density at radius 1 is 1.09 bits per heavy atom. The van der Waals surface area contributed by atoms with E-state index in [1.165, 1.54) is 22.1 Å². The number of carbonyl (C=O) groups excluding carboxylic acids is 1. The molecule has 0 atom stereocenters. The molecule has 0 spiro atoms. The van der Waals surface area contributed by atoms with Crippen LogP contribution in [0.4, 0.5) is 5.69 Å². The van der Waals surface area contributed by atoms with Gasteiger partial charge in [0.15, 0.2) is 11.0 Å². The number of anilines is 1. The predicted octanol–water partition coefficient (Wildman–Crippen LogP) is 2.91. The van der Waals surface area contributed by atoms with Crippen LogP contribution >= 0.6 is 11.8 Å². The highest BCUT2D eigenvalue weighted by Crippen LogP contribution is 2.23. The highest BCUT2D eigenvalue weighted by atomic mass is 32.2. The average Bonchev–Trinajstić information content (AvgIpc) is 3.48. The molecule has 1 saturated heterocycles. The van der Waals surface area contributed by atoms with E-state index in [1.807, 2.05) is 37.4 Å². The number of nitrogens with zero attached hydrogens (tertiary/aromatic N) is 4. The number of nitrogens with one attached hydrogen (secondary N) is 1. The number of thioether (sulfide) groups is 1. The Morgan fingerprint density at radius 3 is 2.61 bits per heavy atom. The summed E-state index contributed by atoms with van der Waals surface area (Å²) in [6, 6.07) is 15.8. The monoisotopic (exact) mass is 487 g/mol. The van der Waals surface area contributed by atoms with Gasteiger partial charge in [-0.1, -0.05) is 36.0 Å². The molecule has 0 aliphatic carbocycles. The summed E-state index contributed by atoms with van der Waals surface area (Å²) in [5.41, 5.74) is 0.441. The quantitative estimate of drug-likeness (QED) is 0.463. The van der Waals surface area contributed by atoms with Gasteiger partial charge in [-0.15, -0.1) is 10.2 Å². The first-order valence-electron chi connectivity index (χ1n) is 10.5. The maximum Gasteiger partial charge on any atom is 0.243 e. The lowest BCUT2D eigenvalue weighted by Crippen LogP contribution is -2.28. The van der Waals surface area contributed by atoms with Crippen LogP contribution < -0.4 is 10.1 Å². The zero-order valence-corrected chi connectivity index (χ0v) is 19.8. The second-order valence-corrected chi connectivity index (χ2v) is 10.4. The van der Waals surface area contributed by atoms with Crippen LogP contribution in [-0.2, 0) is 28.5 Å². The Labute approximate surface area is 197 Å². The number of sulfonamides is 1. The molecule has 0 bridgehead atoms. The second-order valence-electron chi connectivity index (χ2n) is 7.54. The zero-order valence-electron chi connectivity index (χ0n) is 18.2. The third-order valence-corrected chi connectivity index (χ3v) is 8.10. The summed E-state index contributed by atoms with van der Waals surface area (Å²) in [5, 5.41) is 11.6. The lowest BCUT2D eigenvalue weighted by atomic mass is 10.3. The van der Waals surface area contributed by atoms with Crippen LogP contribution in [0.25, 0.3) is 0 Å². The minimum absolute atomic E-state index is 0.106. The van der Waals surface area contributed by atoms with Gasteiger partial charge in [-0.05, 0) is 43.2 Å². The predicted molar refractivity (Wildman–Crippen MR) is 126 cm³/mol. The van der Waals surface area contributed by atoms with Crippen molar-refractivity contribution in [1.29, 1.82) is 0 Å². The number of benzene rings is 2. The molecule has 2 aromatic carbocycles. The summed E-state index contributed by atoms with van der Waals surface area (Å²) in [7, 11) is -1.72. The fourth-order valence-electron chi connectivity index (χ4n) is 3.40. The van der Waals surface area contributed by atoms with Crippen LogP contribution in [0, 0.1) is 0 Å². The molecule has 1 fully saturated rings. The molecular weight excluding hydrogens is 462 g/mol. The van der Waals surface area contributed by atoms with Gasteiger partial charge < -0.3 is 14.6 Å².